The molecule has 0 spiro atoms. The number of sulfone groups is 1. The van der Waals surface area contributed by atoms with Crippen LogP contribution in [-0.2, 0) is 26.9 Å². The predicted molar refractivity (Wildman–Crippen MR) is 58.6 cm³/mol. The highest BCUT2D eigenvalue weighted by Crippen LogP contribution is 2.10. The lowest BCUT2D eigenvalue weighted by Crippen LogP contribution is -2.19. The summed E-state index contributed by atoms with van der Waals surface area (Å²) in [6.45, 7) is 1.76. The molecule has 0 bridgehead atoms. The van der Waals surface area contributed by atoms with Crippen molar-refractivity contribution in [3.8, 4) is 0 Å². The van der Waals surface area contributed by atoms with Gasteiger partial charge in [-0.25, -0.2) is 13.4 Å². The first kappa shape index (κ1) is 13.1. The summed E-state index contributed by atoms with van der Waals surface area (Å²) < 4.78 is 32.1. The van der Waals surface area contributed by atoms with Crippen LogP contribution < -0.4 is 5.32 Å². The maximum absolute atomic E-state index is 11.1. The highest BCUT2D eigenvalue weighted by atomic mass is 32.2. The van der Waals surface area contributed by atoms with E-state index in [2.05, 4.69) is 10.3 Å². The van der Waals surface area contributed by atoms with Gasteiger partial charge in [0.1, 0.15) is 11.5 Å². The van der Waals surface area contributed by atoms with Crippen molar-refractivity contribution in [2.45, 2.75) is 12.3 Å². The fraction of sp³-hybridized carbons (Fsp3) is 0.667. The number of nitrogens with zero attached hydrogens (tertiary/aromatic N) is 1. The minimum Gasteiger partial charge on any atom is -0.447 e. The van der Waals surface area contributed by atoms with Crippen LogP contribution in [0.5, 0.6) is 0 Å². The Balaban J connectivity index is 2.51. The molecule has 0 aliphatic heterocycles. The minimum absolute atomic E-state index is 0.117. The number of methoxy groups -OCH3 is 1. The predicted octanol–water partition coefficient (Wildman–Crippen LogP) is -0.0448. The van der Waals surface area contributed by atoms with Crippen molar-refractivity contribution in [3.63, 3.8) is 0 Å². The van der Waals surface area contributed by atoms with Gasteiger partial charge in [-0.3, -0.25) is 0 Å². The molecule has 0 amide bonds. The van der Waals surface area contributed by atoms with E-state index in [1.165, 1.54) is 6.39 Å². The summed E-state index contributed by atoms with van der Waals surface area (Å²) in [7, 11) is -1.47. The van der Waals surface area contributed by atoms with Gasteiger partial charge in [0.05, 0.1) is 12.3 Å². The van der Waals surface area contributed by atoms with E-state index in [1.54, 1.807) is 7.11 Å². The van der Waals surface area contributed by atoms with Crippen molar-refractivity contribution in [2.75, 3.05) is 26.5 Å². The maximum atomic E-state index is 11.1. The number of aromatic nitrogens is 1. The molecule has 6 nitrogen and oxygen atoms in total. The molecule has 1 aromatic heterocycles. The van der Waals surface area contributed by atoms with E-state index in [0.29, 0.717) is 31.2 Å². The Hall–Kier alpha value is -0.920. The quantitative estimate of drug-likeness (QED) is 0.682. The minimum atomic E-state index is -3.09. The number of hydrogen-bond donors (Lipinski definition) is 1. The second kappa shape index (κ2) is 5.97. The molecule has 16 heavy (non-hydrogen) atoms. The Labute approximate surface area is 94.9 Å². The smallest absolute Gasteiger partial charge is 0.181 e. The Bertz CT molecular complexity index is 413. The SMILES string of the molecule is COCCNCc1ncoc1CS(C)(=O)=O. The van der Waals surface area contributed by atoms with E-state index in [9.17, 15) is 8.42 Å². The van der Waals surface area contributed by atoms with Crippen molar-refractivity contribution < 1.29 is 17.6 Å². The fourth-order valence-corrected chi connectivity index (χ4v) is 1.89. The second-order valence-electron chi connectivity index (χ2n) is 3.46. The lowest BCUT2D eigenvalue weighted by molar-refractivity contribution is 0.199. The Kier molecular flexibility index (Phi) is 4.91. The lowest BCUT2D eigenvalue weighted by atomic mass is 10.3. The summed E-state index contributed by atoms with van der Waals surface area (Å²) in [4.78, 5) is 3.96. The zero-order valence-corrected chi connectivity index (χ0v) is 10.2. The first-order valence-corrected chi connectivity index (χ1v) is 6.87. The van der Waals surface area contributed by atoms with Crippen LogP contribution in [0.15, 0.2) is 10.8 Å². The number of hydrogen-bond acceptors (Lipinski definition) is 6. The average molecular weight is 248 g/mol. The topological polar surface area (TPSA) is 81.4 Å². The van der Waals surface area contributed by atoms with Gasteiger partial charge in [-0.1, -0.05) is 0 Å². The molecular weight excluding hydrogens is 232 g/mol. The summed E-state index contributed by atoms with van der Waals surface area (Å²) >= 11 is 0. The van der Waals surface area contributed by atoms with Crippen LogP contribution in [0.3, 0.4) is 0 Å². The fourth-order valence-electron chi connectivity index (χ4n) is 1.17. The standard InChI is InChI=1S/C9H16N2O4S/c1-14-4-3-10-5-8-9(15-7-11-8)6-16(2,12)13/h7,10H,3-6H2,1-2H3. The highest BCUT2D eigenvalue weighted by Gasteiger charge is 2.13. The van der Waals surface area contributed by atoms with E-state index in [-0.39, 0.29) is 5.75 Å². The van der Waals surface area contributed by atoms with Crippen molar-refractivity contribution in [3.05, 3.63) is 17.8 Å². The first-order chi connectivity index (χ1) is 7.53. The Morgan fingerprint density at radius 1 is 1.56 bits per heavy atom. The maximum Gasteiger partial charge on any atom is 0.181 e. The number of rotatable bonds is 7. The second-order valence-corrected chi connectivity index (χ2v) is 5.60. The first-order valence-electron chi connectivity index (χ1n) is 4.81. The van der Waals surface area contributed by atoms with Crippen LogP contribution in [0.1, 0.15) is 11.5 Å². The van der Waals surface area contributed by atoms with Gasteiger partial charge in [0.15, 0.2) is 16.2 Å². The number of ether oxygens (including phenoxy) is 1. The van der Waals surface area contributed by atoms with Crippen molar-refractivity contribution in [2.24, 2.45) is 0 Å². The third-order valence-electron chi connectivity index (χ3n) is 1.89. The van der Waals surface area contributed by atoms with Crippen molar-refractivity contribution in [1.82, 2.24) is 10.3 Å². The molecule has 0 radical (unpaired) electrons. The van der Waals surface area contributed by atoms with Gasteiger partial charge in [0, 0.05) is 26.5 Å². The zero-order valence-electron chi connectivity index (χ0n) is 9.39. The Morgan fingerprint density at radius 3 is 2.94 bits per heavy atom. The molecule has 0 saturated heterocycles. The van der Waals surface area contributed by atoms with Crippen LogP contribution >= 0.6 is 0 Å². The average Bonchev–Trinajstić information content (AvgIpc) is 2.58. The van der Waals surface area contributed by atoms with E-state index >= 15 is 0 Å². The third-order valence-corrected chi connectivity index (χ3v) is 2.68. The molecule has 0 aliphatic carbocycles. The van der Waals surface area contributed by atoms with Crippen LogP contribution in [0, 0.1) is 0 Å². The molecule has 1 N–H and O–H groups in total. The molecule has 7 heteroatoms. The van der Waals surface area contributed by atoms with E-state index < -0.39 is 9.84 Å². The molecule has 0 aliphatic rings. The van der Waals surface area contributed by atoms with Gasteiger partial charge in [0.2, 0.25) is 0 Å². The van der Waals surface area contributed by atoms with Gasteiger partial charge < -0.3 is 14.5 Å². The molecule has 1 heterocycles. The van der Waals surface area contributed by atoms with E-state index in [1.807, 2.05) is 0 Å². The third kappa shape index (κ3) is 4.73. The zero-order chi connectivity index (χ0) is 12.0. The molecule has 0 atom stereocenters. The highest BCUT2D eigenvalue weighted by molar-refractivity contribution is 7.89. The van der Waals surface area contributed by atoms with Gasteiger partial charge in [0.25, 0.3) is 0 Å². The summed E-state index contributed by atoms with van der Waals surface area (Å²) in [5.41, 5.74) is 0.626. The normalized spacial score (nSPS) is 11.9. The van der Waals surface area contributed by atoms with Gasteiger partial charge in [-0.2, -0.15) is 0 Å². The summed E-state index contributed by atoms with van der Waals surface area (Å²) in [5, 5.41) is 3.07. The van der Waals surface area contributed by atoms with Crippen molar-refractivity contribution >= 4 is 9.84 Å². The van der Waals surface area contributed by atoms with Crippen LogP contribution in [0.4, 0.5) is 0 Å². The van der Waals surface area contributed by atoms with E-state index in [0.717, 1.165) is 6.26 Å². The monoisotopic (exact) mass is 248 g/mol. The number of nitrogens with one attached hydrogen (secondary N) is 1. The number of oxazole rings is 1. The van der Waals surface area contributed by atoms with Crippen LogP contribution in [0.2, 0.25) is 0 Å². The summed E-state index contributed by atoms with van der Waals surface area (Å²) in [5.74, 6) is 0.279. The van der Waals surface area contributed by atoms with Crippen molar-refractivity contribution in [1.29, 1.82) is 0 Å². The molecule has 0 aromatic carbocycles. The molecule has 1 rings (SSSR count). The molecular formula is C9H16N2O4S. The van der Waals surface area contributed by atoms with Gasteiger partial charge in [-0.05, 0) is 0 Å². The van der Waals surface area contributed by atoms with E-state index in [4.69, 9.17) is 9.15 Å². The molecule has 1 aromatic rings. The molecule has 92 valence electrons. The molecule has 0 unspecified atom stereocenters. The molecule has 0 saturated carbocycles. The summed E-state index contributed by atoms with van der Waals surface area (Å²) in [6.07, 6.45) is 2.42. The molecule has 0 fully saturated rings. The van der Waals surface area contributed by atoms with Gasteiger partial charge >= 0.3 is 0 Å². The van der Waals surface area contributed by atoms with Crippen LogP contribution in [0.25, 0.3) is 0 Å². The van der Waals surface area contributed by atoms with Gasteiger partial charge in [-0.15, -0.1) is 0 Å². The largest absolute Gasteiger partial charge is 0.447 e. The Morgan fingerprint density at radius 2 is 2.31 bits per heavy atom. The summed E-state index contributed by atoms with van der Waals surface area (Å²) in [6, 6.07) is 0. The lowest BCUT2D eigenvalue weighted by Gasteiger charge is -2.02. The van der Waals surface area contributed by atoms with Crippen LogP contribution in [-0.4, -0.2) is 39.9 Å².